The molecule has 0 aliphatic rings. The highest BCUT2D eigenvalue weighted by molar-refractivity contribution is 6.32. The molecule has 2 N–H and O–H groups in total. The zero-order chi connectivity index (χ0) is 21.1. The molecule has 4 rings (SSSR count). The van der Waals surface area contributed by atoms with Gasteiger partial charge in [0.1, 0.15) is 5.75 Å². The smallest absolute Gasteiger partial charge is 0.271 e. The van der Waals surface area contributed by atoms with Crippen LogP contribution in [0.15, 0.2) is 78.0 Å². The molecular formula is C24H20ClN3O2. The number of aromatic hydroxyl groups is 1. The lowest BCUT2D eigenvalue weighted by molar-refractivity contribution is 0.0955. The lowest BCUT2D eigenvalue weighted by atomic mass is 10.1. The topological polar surface area (TPSA) is 66.6 Å². The van der Waals surface area contributed by atoms with Gasteiger partial charge < -0.3 is 9.67 Å². The molecule has 0 aliphatic heterocycles. The number of hydrazone groups is 1. The second-order valence-corrected chi connectivity index (χ2v) is 7.49. The molecule has 150 valence electrons. The van der Waals surface area contributed by atoms with E-state index in [9.17, 15) is 9.90 Å². The van der Waals surface area contributed by atoms with Crippen LogP contribution >= 0.6 is 11.6 Å². The van der Waals surface area contributed by atoms with Crippen LogP contribution in [0.25, 0.3) is 10.9 Å². The molecule has 5 nitrogen and oxygen atoms in total. The minimum absolute atomic E-state index is 0.0708. The molecular weight excluding hydrogens is 398 g/mol. The number of amides is 1. The number of nitrogens with zero attached hydrogens (tertiary/aromatic N) is 2. The third kappa shape index (κ3) is 4.21. The second kappa shape index (κ2) is 8.43. The summed E-state index contributed by atoms with van der Waals surface area (Å²) in [4.78, 5) is 12.2. The van der Waals surface area contributed by atoms with Gasteiger partial charge in [-0.05, 0) is 42.8 Å². The first-order valence-electron chi connectivity index (χ1n) is 9.46. The van der Waals surface area contributed by atoms with Crippen molar-refractivity contribution in [2.45, 2.75) is 13.5 Å². The van der Waals surface area contributed by atoms with E-state index < -0.39 is 5.91 Å². The maximum atomic E-state index is 12.2. The maximum Gasteiger partial charge on any atom is 0.271 e. The van der Waals surface area contributed by atoms with Crippen molar-refractivity contribution in [2.75, 3.05) is 0 Å². The molecule has 0 saturated heterocycles. The summed E-state index contributed by atoms with van der Waals surface area (Å²) in [5.41, 5.74) is 7.29. The Hall–Kier alpha value is -3.57. The molecule has 30 heavy (non-hydrogen) atoms. The number of rotatable bonds is 5. The summed E-state index contributed by atoms with van der Waals surface area (Å²) in [5.74, 6) is -0.476. The highest BCUT2D eigenvalue weighted by atomic mass is 35.5. The molecule has 4 aromatic rings. The predicted molar refractivity (Wildman–Crippen MR) is 120 cm³/mol. The average molecular weight is 418 g/mol. The normalized spacial score (nSPS) is 11.3. The van der Waals surface area contributed by atoms with Crippen LogP contribution in [0.4, 0.5) is 0 Å². The summed E-state index contributed by atoms with van der Waals surface area (Å²) >= 11 is 5.85. The number of aryl methyl sites for hydroxylation is 1. The van der Waals surface area contributed by atoms with Gasteiger partial charge in [-0.2, -0.15) is 5.10 Å². The molecule has 6 heteroatoms. The summed E-state index contributed by atoms with van der Waals surface area (Å²) in [6, 6.07) is 20.8. The van der Waals surface area contributed by atoms with Gasteiger partial charge in [0, 0.05) is 34.8 Å². The minimum Gasteiger partial charge on any atom is -0.506 e. The van der Waals surface area contributed by atoms with Gasteiger partial charge in [-0.25, -0.2) is 5.43 Å². The fourth-order valence-electron chi connectivity index (χ4n) is 3.38. The fraction of sp³-hybridized carbons (Fsp3) is 0.0833. The Kier molecular flexibility index (Phi) is 5.55. The molecule has 0 unspecified atom stereocenters. The molecule has 0 fully saturated rings. The summed E-state index contributed by atoms with van der Waals surface area (Å²) < 4.78 is 2.19. The van der Waals surface area contributed by atoms with Gasteiger partial charge in [0.25, 0.3) is 5.91 Å². The molecule has 1 amide bonds. The van der Waals surface area contributed by atoms with Gasteiger partial charge in [0.05, 0.1) is 11.2 Å². The number of carbonyl (C=O) groups excluding carboxylic acids is 1. The average Bonchev–Trinajstić information content (AvgIpc) is 3.13. The van der Waals surface area contributed by atoms with Crippen molar-refractivity contribution in [1.29, 1.82) is 0 Å². The SMILES string of the molecule is Cc1cccc(Cn2ccc3c(/C=N/NC(=O)c4ccc(O)c(Cl)c4)cccc32)c1. The van der Waals surface area contributed by atoms with Crippen LogP contribution < -0.4 is 5.43 Å². The summed E-state index contributed by atoms with van der Waals surface area (Å²) in [6.07, 6.45) is 3.68. The van der Waals surface area contributed by atoms with E-state index >= 15 is 0 Å². The molecule has 3 aromatic carbocycles. The fourth-order valence-corrected chi connectivity index (χ4v) is 3.56. The van der Waals surface area contributed by atoms with Crippen molar-refractivity contribution in [3.8, 4) is 5.75 Å². The van der Waals surface area contributed by atoms with Crippen LogP contribution in [-0.4, -0.2) is 21.8 Å². The van der Waals surface area contributed by atoms with Gasteiger partial charge in [-0.15, -0.1) is 0 Å². The number of phenols is 1. The van der Waals surface area contributed by atoms with Gasteiger partial charge in [0.2, 0.25) is 0 Å². The number of phenolic OH excluding ortho intramolecular Hbond substituents is 1. The number of halogens is 1. The summed E-state index contributed by atoms with van der Waals surface area (Å²) in [5, 5.41) is 14.7. The van der Waals surface area contributed by atoms with Crippen LogP contribution in [0, 0.1) is 6.92 Å². The third-order valence-corrected chi connectivity index (χ3v) is 5.17. The number of fused-ring (bicyclic) bond motifs is 1. The number of carbonyl (C=O) groups is 1. The van der Waals surface area contributed by atoms with Gasteiger partial charge in [-0.1, -0.05) is 53.6 Å². The Morgan fingerprint density at radius 1 is 1.13 bits per heavy atom. The molecule has 1 heterocycles. The molecule has 0 atom stereocenters. The van der Waals surface area contributed by atoms with E-state index in [0.717, 1.165) is 23.0 Å². The Morgan fingerprint density at radius 2 is 1.97 bits per heavy atom. The van der Waals surface area contributed by atoms with E-state index in [1.807, 2.05) is 18.2 Å². The molecule has 0 spiro atoms. The van der Waals surface area contributed by atoms with Crippen LogP contribution in [0.1, 0.15) is 27.0 Å². The van der Waals surface area contributed by atoms with Crippen molar-refractivity contribution in [3.63, 3.8) is 0 Å². The molecule has 1 aromatic heterocycles. The van der Waals surface area contributed by atoms with E-state index in [4.69, 9.17) is 11.6 Å². The van der Waals surface area contributed by atoms with Gasteiger partial charge >= 0.3 is 0 Å². The van der Waals surface area contributed by atoms with Gasteiger partial charge in [0.15, 0.2) is 0 Å². The number of hydrogen-bond acceptors (Lipinski definition) is 3. The first-order valence-corrected chi connectivity index (χ1v) is 9.84. The Bertz CT molecular complexity index is 1260. The second-order valence-electron chi connectivity index (χ2n) is 7.08. The van der Waals surface area contributed by atoms with Crippen LogP contribution in [0.2, 0.25) is 5.02 Å². The summed E-state index contributed by atoms with van der Waals surface area (Å²) in [7, 11) is 0. The Balaban J connectivity index is 1.52. The standard InChI is InChI=1S/C24H20ClN3O2/c1-16-4-2-5-17(12-16)15-28-11-10-20-19(6-3-7-22(20)28)14-26-27-24(30)18-8-9-23(29)21(25)13-18/h2-14,29H,15H2,1H3,(H,27,30)/b26-14+. The van der Waals surface area contributed by atoms with Crippen molar-refractivity contribution in [2.24, 2.45) is 5.10 Å². The quantitative estimate of drug-likeness (QED) is 0.349. The highest BCUT2D eigenvalue weighted by Gasteiger charge is 2.08. The van der Waals surface area contributed by atoms with Crippen molar-refractivity contribution in [1.82, 2.24) is 9.99 Å². The maximum absolute atomic E-state index is 12.2. The third-order valence-electron chi connectivity index (χ3n) is 4.86. The Labute approximate surface area is 179 Å². The zero-order valence-corrected chi connectivity index (χ0v) is 17.1. The van der Waals surface area contributed by atoms with E-state index in [1.54, 1.807) is 6.21 Å². The minimum atomic E-state index is -0.405. The highest BCUT2D eigenvalue weighted by Crippen LogP contribution is 2.24. The van der Waals surface area contributed by atoms with Crippen molar-refractivity contribution >= 4 is 34.6 Å². The molecule has 0 bridgehead atoms. The monoisotopic (exact) mass is 417 g/mol. The number of nitrogens with one attached hydrogen (secondary N) is 1. The van der Waals surface area contributed by atoms with Crippen molar-refractivity contribution in [3.05, 3.63) is 100 Å². The molecule has 0 saturated carbocycles. The summed E-state index contributed by atoms with van der Waals surface area (Å²) in [6.45, 7) is 2.87. The number of hydrogen-bond donors (Lipinski definition) is 2. The van der Waals surface area contributed by atoms with Crippen LogP contribution in [0.5, 0.6) is 5.75 Å². The van der Waals surface area contributed by atoms with Crippen molar-refractivity contribution < 1.29 is 9.90 Å². The van der Waals surface area contributed by atoms with Crippen LogP contribution in [-0.2, 0) is 6.54 Å². The van der Waals surface area contributed by atoms with E-state index in [2.05, 4.69) is 58.5 Å². The van der Waals surface area contributed by atoms with Crippen LogP contribution in [0.3, 0.4) is 0 Å². The van der Waals surface area contributed by atoms with E-state index in [-0.39, 0.29) is 10.8 Å². The first-order chi connectivity index (χ1) is 14.5. The van der Waals surface area contributed by atoms with E-state index in [0.29, 0.717) is 5.56 Å². The van der Waals surface area contributed by atoms with Gasteiger partial charge in [-0.3, -0.25) is 4.79 Å². The lowest BCUT2D eigenvalue weighted by Crippen LogP contribution is -2.17. The predicted octanol–water partition coefficient (Wildman–Crippen LogP) is 5.12. The number of aromatic nitrogens is 1. The Morgan fingerprint density at radius 3 is 2.77 bits per heavy atom. The lowest BCUT2D eigenvalue weighted by Gasteiger charge is -2.07. The number of benzene rings is 3. The van der Waals surface area contributed by atoms with E-state index in [1.165, 1.54) is 29.3 Å². The zero-order valence-electron chi connectivity index (χ0n) is 16.3. The largest absolute Gasteiger partial charge is 0.506 e. The molecule has 0 radical (unpaired) electrons. The first kappa shape index (κ1) is 19.7. The molecule has 0 aliphatic carbocycles.